The summed E-state index contributed by atoms with van der Waals surface area (Å²) in [6, 6.07) is 110. The van der Waals surface area contributed by atoms with Gasteiger partial charge in [-0.3, -0.25) is 0 Å². The zero-order valence-corrected chi connectivity index (χ0v) is 66.9. The van der Waals surface area contributed by atoms with Crippen LogP contribution in [0, 0.1) is 0 Å². The van der Waals surface area contributed by atoms with E-state index >= 15 is 0 Å². The highest BCUT2D eigenvalue weighted by atomic mass is 16.3. The minimum absolute atomic E-state index is 0.182. The Bertz CT molecular complexity index is 5850. The van der Waals surface area contributed by atoms with Gasteiger partial charge < -0.3 is 13.7 Å². The lowest BCUT2D eigenvalue weighted by molar-refractivity contribution is 0.369. The lowest BCUT2D eigenvalue weighted by atomic mass is 9.62. The van der Waals surface area contributed by atoms with E-state index in [4.69, 9.17) is 8.83 Å². The van der Waals surface area contributed by atoms with Crippen molar-refractivity contribution < 1.29 is 8.83 Å². The van der Waals surface area contributed by atoms with E-state index in [0.717, 1.165) is 70.2 Å². The Balaban J connectivity index is 0.876. The van der Waals surface area contributed by atoms with Crippen LogP contribution in [0.15, 0.2) is 294 Å². The highest BCUT2D eigenvalue weighted by Crippen LogP contribution is 2.69. The minimum Gasteiger partial charge on any atom is -0.456 e. The van der Waals surface area contributed by atoms with Gasteiger partial charge in [-0.25, -0.2) is 0 Å². The van der Waals surface area contributed by atoms with Crippen molar-refractivity contribution in [2.75, 3.05) is 4.90 Å². The van der Waals surface area contributed by atoms with Gasteiger partial charge in [-0.05, 0) is 198 Å². The summed E-state index contributed by atoms with van der Waals surface area (Å²) >= 11 is 0. The van der Waals surface area contributed by atoms with Gasteiger partial charge in [-0.2, -0.15) is 0 Å². The van der Waals surface area contributed by atoms with Crippen molar-refractivity contribution in [1.82, 2.24) is 0 Å². The molecule has 0 aliphatic heterocycles. The Morgan fingerprint density at radius 2 is 0.646 bits per heavy atom. The number of benzene rings is 13. The first-order chi connectivity index (χ1) is 55.9. The average Bonchev–Trinajstić information content (AvgIpc) is 1.50. The van der Waals surface area contributed by atoms with Gasteiger partial charge in [0.15, 0.2) is 0 Å². The Morgan fingerprint density at radius 1 is 0.248 bits per heavy atom. The summed E-state index contributed by atoms with van der Waals surface area (Å²) in [4.78, 5) is 2.65. The van der Waals surface area contributed by atoms with E-state index < -0.39 is 10.8 Å². The van der Waals surface area contributed by atoms with Crippen molar-refractivity contribution in [1.29, 1.82) is 0 Å². The Labute approximate surface area is 670 Å². The van der Waals surface area contributed by atoms with Crippen LogP contribution in [0.1, 0.15) is 249 Å². The van der Waals surface area contributed by atoms with Crippen LogP contribution in [0.3, 0.4) is 0 Å². The molecule has 0 spiro atoms. The summed E-state index contributed by atoms with van der Waals surface area (Å²) < 4.78 is 14.6. The van der Waals surface area contributed by atoms with Crippen LogP contribution < -0.4 is 4.90 Å². The number of nitrogens with zero attached hydrogens (tertiary/aromatic N) is 1. The molecule has 2 heterocycles. The average molecular weight is 1480 g/mol. The van der Waals surface area contributed by atoms with Gasteiger partial charge in [0.2, 0.25) is 0 Å². The van der Waals surface area contributed by atoms with Gasteiger partial charge in [0.05, 0.1) is 10.8 Å². The SMILES string of the molecule is CCCCCCCC1(CCCCCCC)c2ccccc2-c2c1c1c(c3c2oc2ccccc23)-c2ccc(N(c3ccccc3)c3ccc4c(c3)C(c3ccccc3)(c3ccccc3)c3cc5c(cc3-4)C(c3ccccc3)(c3ccccc3)c3ccc4oc6ccccc6c4c3-5)cc2C1(CCCCCCC)CCCCCCC. The zero-order valence-electron chi connectivity index (χ0n) is 66.9. The summed E-state index contributed by atoms with van der Waals surface area (Å²) in [7, 11) is 0. The third-order valence-electron chi connectivity index (χ3n) is 27.3. The van der Waals surface area contributed by atoms with E-state index in [9.17, 15) is 0 Å². The normalized spacial score (nSPS) is 14.6. The molecule has 564 valence electrons. The van der Waals surface area contributed by atoms with Crippen molar-refractivity contribution in [3.05, 3.63) is 352 Å². The molecular weight excluding hydrogens is 1370 g/mol. The lowest BCUT2D eigenvalue weighted by Crippen LogP contribution is -2.33. The molecule has 3 heteroatoms. The first-order valence-electron chi connectivity index (χ1n) is 43.6. The molecule has 15 aromatic rings. The molecule has 0 atom stereocenters. The predicted octanol–water partition coefficient (Wildman–Crippen LogP) is 31.7. The molecule has 19 rings (SSSR count). The first-order valence-corrected chi connectivity index (χ1v) is 43.6. The van der Waals surface area contributed by atoms with Crippen LogP contribution in [0.5, 0.6) is 0 Å². The quantitative estimate of drug-likeness (QED) is 0.0406. The molecule has 4 aliphatic carbocycles. The van der Waals surface area contributed by atoms with E-state index in [0.29, 0.717) is 0 Å². The zero-order chi connectivity index (χ0) is 76.1. The number of fused-ring (bicyclic) bond motifs is 22. The van der Waals surface area contributed by atoms with Gasteiger partial charge in [-0.1, -0.05) is 375 Å². The number of anilines is 3. The molecular formula is C110H107NO2. The Hall–Kier alpha value is -10.7. The van der Waals surface area contributed by atoms with Crippen LogP contribution in [0.25, 0.3) is 88.4 Å². The Morgan fingerprint density at radius 3 is 1.19 bits per heavy atom. The molecule has 2 aromatic heterocycles. The van der Waals surface area contributed by atoms with Gasteiger partial charge in [0, 0.05) is 55.0 Å². The number of hydrogen-bond acceptors (Lipinski definition) is 3. The second-order valence-electron chi connectivity index (χ2n) is 33.7. The van der Waals surface area contributed by atoms with Crippen molar-refractivity contribution in [3.8, 4) is 44.5 Å². The van der Waals surface area contributed by atoms with Crippen molar-refractivity contribution >= 4 is 60.9 Å². The largest absolute Gasteiger partial charge is 0.456 e. The molecule has 0 saturated carbocycles. The molecule has 0 unspecified atom stereocenters. The molecule has 0 saturated heterocycles. The molecule has 3 nitrogen and oxygen atoms in total. The molecule has 4 aliphatic rings. The van der Waals surface area contributed by atoms with Crippen LogP contribution in [-0.4, -0.2) is 0 Å². The third kappa shape index (κ3) is 11.6. The third-order valence-corrected chi connectivity index (χ3v) is 27.3. The van der Waals surface area contributed by atoms with Crippen LogP contribution in [0.4, 0.5) is 17.1 Å². The highest BCUT2D eigenvalue weighted by molar-refractivity contribution is 6.21. The van der Waals surface area contributed by atoms with E-state index in [2.05, 4.69) is 318 Å². The molecule has 0 fully saturated rings. The van der Waals surface area contributed by atoms with Crippen LogP contribution in [-0.2, 0) is 21.7 Å². The summed E-state index contributed by atoms with van der Waals surface area (Å²) in [5, 5.41) is 4.85. The number of unbranched alkanes of at least 4 members (excludes halogenated alkanes) is 16. The summed E-state index contributed by atoms with van der Waals surface area (Å²) in [5.74, 6) is 0. The number of furan rings is 2. The number of hydrogen-bond donors (Lipinski definition) is 0. The maximum absolute atomic E-state index is 7.64. The maximum atomic E-state index is 7.64. The van der Waals surface area contributed by atoms with E-state index in [1.165, 1.54) is 239 Å². The van der Waals surface area contributed by atoms with Gasteiger partial charge in [0.1, 0.15) is 22.3 Å². The molecule has 113 heavy (non-hydrogen) atoms. The maximum Gasteiger partial charge on any atom is 0.144 e. The molecule has 0 N–H and O–H groups in total. The van der Waals surface area contributed by atoms with Crippen LogP contribution in [0.2, 0.25) is 0 Å². The van der Waals surface area contributed by atoms with Crippen LogP contribution >= 0.6 is 0 Å². The first kappa shape index (κ1) is 72.5. The van der Waals surface area contributed by atoms with Crippen molar-refractivity contribution in [2.24, 2.45) is 0 Å². The second-order valence-corrected chi connectivity index (χ2v) is 33.7. The smallest absolute Gasteiger partial charge is 0.144 e. The topological polar surface area (TPSA) is 29.5 Å². The van der Waals surface area contributed by atoms with E-state index in [-0.39, 0.29) is 10.8 Å². The highest BCUT2D eigenvalue weighted by Gasteiger charge is 2.56. The molecule has 0 radical (unpaired) electrons. The van der Waals surface area contributed by atoms with Gasteiger partial charge in [-0.15, -0.1) is 0 Å². The van der Waals surface area contributed by atoms with Gasteiger partial charge >= 0.3 is 0 Å². The fourth-order valence-electron chi connectivity index (χ4n) is 22.4. The summed E-state index contributed by atoms with van der Waals surface area (Å²) in [6.45, 7) is 9.49. The molecule has 0 amide bonds. The monoisotopic (exact) mass is 1470 g/mol. The predicted molar refractivity (Wildman–Crippen MR) is 476 cm³/mol. The van der Waals surface area contributed by atoms with E-state index in [1.54, 1.807) is 16.7 Å². The lowest BCUT2D eigenvalue weighted by Gasteiger charge is -2.40. The van der Waals surface area contributed by atoms with Crippen molar-refractivity contribution in [2.45, 2.75) is 203 Å². The summed E-state index contributed by atoms with van der Waals surface area (Å²) in [6.07, 6.45) is 29.4. The second kappa shape index (κ2) is 30.6. The van der Waals surface area contributed by atoms with Crippen molar-refractivity contribution in [3.63, 3.8) is 0 Å². The van der Waals surface area contributed by atoms with Gasteiger partial charge in [0.25, 0.3) is 0 Å². The summed E-state index contributed by atoms with van der Waals surface area (Å²) in [5.41, 5.74) is 32.5. The number of rotatable bonds is 31. The number of para-hydroxylation sites is 3. The standard InChI is InChI=1S/C110H107NO2/c1-5-9-13-17-42-68-107(69-43-18-14-10-6-2)90-59-39-36-56-84(90)103-105(107)104-101(102-87-58-38-41-61-97(87)113-106(102)103)85-65-63-81(72-92(85)108(104,70-44-19-15-11-7-3)71-45-20-16-12-8-4)111(80-54-34-25-35-55-80)82-62-64-83-88-74-95-89(75-94(88)110(93(83)73-82,78-50-30-23-31-51-78)79-52-32-24-33-53-79)99-91(66-67-98-100(99)86-57-37-40-60-96(86)112-98)109(95,76-46-26-21-27-47-76)77-48-28-22-29-49-77/h21-41,46-67,72-75H,5-20,42-45,68-71H2,1-4H3. The van der Waals surface area contributed by atoms with E-state index in [1.807, 2.05) is 0 Å². The fraction of sp³-hybridized carbons (Fsp3) is 0.291. The molecule has 0 bridgehead atoms. The molecule has 13 aromatic carbocycles. The fourth-order valence-corrected chi connectivity index (χ4v) is 22.4. The minimum atomic E-state index is -0.767. The Kier molecular flexibility index (Phi) is 19.7.